The number of nitrogens with zero attached hydrogens (tertiary/aromatic N) is 1. The maximum Gasteiger partial charge on any atom is 0.315 e. The van der Waals surface area contributed by atoms with E-state index in [4.69, 9.17) is 14.1 Å². The van der Waals surface area contributed by atoms with Crippen molar-refractivity contribution in [1.29, 1.82) is 0 Å². The molecule has 0 N–H and O–H groups in total. The zero-order chi connectivity index (χ0) is 20.5. The lowest BCUT2D eigenvalue weighted by atomic mass is 9.71. The highest BCUT2D eigenvalue weighted by Gasteiger charge is 2.46. The van der Waals surface area contributed by atoms with Gasteiger partial charge in [-0.25, -0.2) is 0 Å². The molecule has 2 heterocycles. The number of carbonyl (C=O) groups is 2. The minimum absolute atomic E-state index is 0.0321. The molecule has 1 unspecified atom stereocenters. The van der Waals surface area contributed by atoms with Crippen molar-refractivity contribution in [3.63, 3.8) is 0 Å². The Morgan fingerprint density at radius 2 is 1.90 bits per heavy atom. The molecule has 2 aromatic rings. The number of allylic oxidation sites excluding steroid dienone is 2. The second-order valence-corrected chi connectivity index (χ2v) is 7.71. The van der Waals surface area contributed by atoms with Crippen molar-refractivity contribution >= 4 is 17.5 Å². The van der Waals surface area contributed by atoms with Crippen molar-refractivity contribution in [2.24, 2.45) is 10.9 Å². The number of aliphatic imine (C=N–C) groups is 1. The van der Waals surface area contributed by atoms with Gasteiger partial charge in [0.1, 0.15) is 17.4 Å². The first-order valence-corrected chi connectivity index (χ1v) is 10.1. The summed E-state index contributed by atoms with van der Waals surface area (Å²) < 4.78 is 11.2. The van der Waals surface area contributed by atoms with E-state index in [1.54, 1.807) is 6.92 Å². The third kappa shape index (κ3) is 3.57. The summed E-state index contributed by atoms with van der Waals surface area (Å²) >= 11 is 0. The van der Waals surface area contributed by atoms with E-state index >= 15 is 0 Å². The lowest BCUT2D eigenvalue weighted by Crippen LogP contribution is -2.38. The van der Waals surface area contributed by atoms with Crippen molar-refractivity contribution in [2.45, 2.75) is 45.4 Å². The number of esters is 1. The van der Waals surface area contributed by atoms with E-state index in [1.807, 2.05) is 44.2 Å². The number of hydrogen-bond acceptors (Lipinski definition) is 5. The number of carbonyl (C=O) groups excluding carboxylic acids is 2. The van der Waals surface area contributed by atoms with Gasteiger partial charge in [0.2, 0.25) is 0 Å². The van der Waals surface area contributed by atoms with Crippen LogP contribution in [-0.4, -0.2) is 24.1 Å². The van der Waals surface area contributed by atoms with Crippen molar-refractivity contribution in [1.82, 2.24) is 0 Å². The van der Waals surface area contributed by atoms with Gasteiger partial charge in [-0.3, -0.25) is 14.6 Å². The number of ether oxygens (including phenoxy) is 1. The molecule has 0 fully saturated rings. The number of rotatable bonds is 4. The summed E-state index contributed by atoms with van der Waals surface area (Å²) in [5.74, 6) is -0.000668. The Balaban J connectivity index is 1.79. The van der Waals surface area contributed by atoms with Crippen LogP contribution in [0.25, 0.3) is 0 Å². The largest absolute Gasteiger partial charge is 0.466 e. The van der Waals surface area contributed by atoms with Gasteiger partial charge < -0.3 is 9.15 Å². The summed E-state index contributed by atoms with van der Waals surface area (Å²) in [4.78, 5) is 30.8. The van der Waals surface area contributed by atoms with E-state index in [1.165, 1.54) is 0 Å². The highest BCUT2D eigenvalue weighted by molar-refractivity contribution is 6.09. The van der Waals surface area contributed by atoms with Gasteiger partial charge in [-0.1, -0.05) is 30.3 Å². The van der Waals surface area contributed by atoms with E-state index in [-0.39, 0.29) is 24.3 Å². The molecule has 0 bridgehead atoms. The molecular weight excluding hydrogens is 366 g/mol. The van der Waals surface area contributed by atoms with Crippen molar-refractivity contribution in [3.05, 3.63) is 70.8 Å². The van der Waals surface area contributed by atoms with E-state index < -0.39 is 11.8 Å². The van der Waals surface area contributed by atoms with Crippen LogP contribution in [0.15, 0.2) is 63.1 Å². The van der Waals surface area contributed by atoms with E-state index in [0.29, 0.717) is 29.9 Å². The van der Waals surface area contributed by atoms with Gasteiger partial charge in [0.25, 0.3) is 0 Å². The number of Topliss-reactive ketones (excluding diaryl/α,β-unsaturated/α-hetero) is 1. The zero-order valence-corrected chi connectivity index (χ0v) is 17.0. The summed E-state index contributed by atoms with van der Waals surface area (Å²) in [7, 11) is 0. The van der Waals surface area contributed by atoms with Crippen molar-refractivity contribution < 1.29 is 18.7 Å². The number of benzene rings is 1. The third-order valence-corrected chi connectivity index (χ3v) is 5.77. The van der Waals surface area contributed by atoms with Crippen LogP contribution >= 0.6 is 0 Å². The fourth-order valence-corrected chi connectivity index (χ4v) is 4.49. The monoisotopic (exact) mass is 391 g/mol. The van der Waals surface area contributed by atoms with Gasteiger partial charge in [-0.2, -0.15) is 0 Å². The molecule has 1 aromatic heterocycles. The first kappa shape index (κ1) is 19.4. The van der Waals surface area contributed by atoms with E-state index in [9.17, 15) is 9.59 Å². The van der Waals surface area contributed by atoms with Gasteiger partial charge in [-0.05, 0) is 50.8 Å². The average Bonchev–Trinajstić information content (AvgIpc) is 3.13. The van der Waals surface area contributed by atoms with Gasteiger partial charge in [0, 0.05) is 23.4 Å². The Bertz CT molecular complexity index is 999. The molecule has 1 aliphatic heterocycles. The molecule has 0 saturated carbocycles. The Labute approximate surface area is 170 Å². The first-order chi connectivity index (χ1) is 14.0. The molecule has 5 heteroatoms. The highest BCUT2D eigenvalue weighted by atomic mass is 16.5. The van der Waals surface area contributed by atoms with Crippen LogP contribution < -0.4 is 0 Å². The topological polar surface area (TPSA) is 68.9 Å². The summed E-state index contributed by atoms with van der Waals surface area (Å²) in [6, 6.07) is 13.8. The van der Waals surface area contributed by atoms with Crippen molar-refractivity contribution in [2.75, 3.05) is 6.61 Å². The second kappa shape index (κ2) is 7.82. The van der Waals surface area contributed by atoms with E-state index in [0.717, 1.165) is 17.0 Å². The second-order valence-electron chi connectivity index (χ2n) is 7.71. The molecule has 5 nitrogen and oxygen atoms in total. The summed E-state index contributed by atoms with van der Waals surface area (Å²) in [5.41, 5.74) is 3.18. The van der Waals surface area contributed by atoms with Gasteiger partial charge in [0.15, 0.2) is 5.78 Å². The maximum atomic E-state index is 13.3. The van der Waals surface area contributed by atoms with Gasteiger partial charge >= 0.3 is 5.97 Å². The zero-order valence-electron chi connectivity index (χ0n) is 17.0. The fourth-order valence-electron chi connectivity index (χ4n) is 4.49. The highest BCUT2D eigenvalue weighted by Crippen LogP contribution is 2.47. The molecule has 2 aliphatic rings. The average molecular weight is 391 g/mol. The predicted octanol–water partition coefficient (Wildman–Crippen LogP) is 4.73. The third-order valence-electron chi connectivity index (χ3n) is 5.77. The molecule has 3 atom stereocenters. The number of aryl methyl sites for hydroxylation is 1. The van der Waals surface area contributed by atoms with Gasteiger partial charge in [-0.15, -0.1) is 0 Å². The fraction of sp³-hybridized carbons (Fsp3) is 0.375. The number of ketones is 1. The molecule has 1 aliphatic carbocycles. The summed E-state index contributed by atoms with van der Waals surface area (Å²) in [5, 5.41) is 0. The van der Waals surface area contributed by atoms with Crippen LogP contribution in [0.3, 0.4) is 0 Å². The molecule has 0 amide bonds. The molecule has 0 spiro atoms. The molecule has 29 heavy (non-hydrogen) atoms. The lowest BCUT2D eigenvalue weighted by Gasteiger charge is -2.35. The molecule has 150 valence electrons. The van der Waals surface area contributed by atoms with Crippen LogP contribution in [0.4, 0.5) is 0 Å². The first-order valence-electron chi connectivity index (χ1n) is 10.1. The molecule has 0 radical (unpaired) electrons. The quantitative estimate of drug-likeness (QED) is 0.707. The summed E-state index contributed by atoms with van der Waals surface area (Å²) in [6.07, 6.45) is 1.08. The predicted molar refractivity (Wildman–Crippen MR) is 110 cm³/mol. The Hall–Kier alpha value is -2.95. The number of hydrogen-bond donors (Lipinski definition) is 0. The van der Waals surface area contributed by atoms with Gasteiger partial charge in [0.05, 0.1) is 12.5 Å². The normalized spacial score (nSPS) is 24.2. The van der Waals surface area contributed by atoms with Crippen LogP contribution in [0.2, 0.25) is 0 Å². The lowest BCUT2D eigenvalue weighted by molar-refractivity contribution is -0.146. The number of furan rings is 1. The van der Waals surface area contributed by atoms with Crippen molar-refractivity contribution in [3.8, 4) is 0 Å². The van der Waals surface area contributed by atoms with Crippen LogP contribution in [0.5, 0.6) is 0 Å². The Kier molecular flexibility index (Phi) is 5.22. The maximum absolute atomic E-state index is 13.3. The van der Waals surface area contributed by atoms with E-state index in [2.05, 4.69) is 12.1 Å². The Morgan fingerprint density at radius 3 is 2.55 bits per heavy atom. The molecule has 4 rings (SSSR count). The summed E-state index contributed by atoms with van der Waals surface area (Å²) in [6.45, 7) is 5.75. The molecule has 0 saturated heterocycles. The van der Waals surface area contributed by atoms with Crippen LogP contribution in [0, 0.1) is 12.8 Å². The standard InChI is InChI=1S/C24H25NO4/c1-4-28-24(27)21-15(3)25-18-12-17(16-8-6-5-7-9-16)13-19(26)22(18)23(21)20-11-10-14(2)29-20/h5-11,17,21,23H,4,12-13H2,1-3H3/t17-,21?,23+/m0/s1. The van der Waals surface area contributed by atoms with Crippen LogP contribution in [0.1, 0.15) is 55.6 Å². The minimum atomic E-state index is -0.642. The smallest absolute Gasteiger partial charge is 0.315 e. The Morgan fingerprint density at radius 1 is 1.14 bits per heavy atom. The van der Waals surface area contributed by atoms with Crippen LogP contribution in [-0.2, 0) is 14.3 Å². The molecule has 1 aromatic carbocycles. The molecular formula is C24H25NO4. The minimum Gasteiger partial charge on any atom is -0.466 e. The SMILES string of the molecule is CCOC(=O)C1C(C)=NC2=C(C(=O)C[C@@H](c3ccccc3)C2)[C@@H]1c1ccc(C)o1.